The molecule has 3 rings (SSSR count). The van der Waals surface area contributed by atoms with Crippen molar-refractivity contribution in [3.8, 4) is 0 Å². The standard InChI is InChI=1S/C16H12Cl4N2OS/c17-9-4-5-10(13(20)8-9)15-22(6-7-24-15)16(23)21-14-11(18)2-1-3-12(14)19/h1-5,8,15H,6-7H2,(H,21,23). The van der Waals surface area contributed by atoms with Gasteiger partial charge in [0.15, 0.2) is 0 Å². The molecule has 24 heavy (non-hydrogen) atoms. The topological polar surface area (TPSA) is 32.3 Å². The molecule has 1 unspecified atom stereocenters. The van der Waals surface area contributed by atoms with Gasteiger partial charge in [0, 0.05) is 27.9 Å². The molecule has 1 aliphatic rings. The number of anilines is 1. The van der Waals surface area contributed by atoms with Crippen LogP contribution in [-0.4, -0.2) is 23.2 Å². The van der Waals surface area contributed by atoms with Crippen LogP contribution >= 0.6 is 58.2 Å². The van der Waals surface area contributed by atoms with Crippen LogP contribution in [0.3, 0.4) is 0 Å². The number of urea groups is 1. The summed E-state index contributed by atoms with van der Waals surface area (Å²) >= 11 is 26.1. The third kappa shape index (κ3) is 3.73. The first-order chi connectivity index (χ1) is 11.5. The van der Waals surface area contributed by atoms with Crippen molar-refractivity contribution in [2.45, 2.75) is 5.37 Å². The number of hydrogen-bond donors (Lipinski definition) is 1. The third-order valence-electron chi connectivity index (χ3n) is 3.58. The number of para-hydroxylation sites is 1. The van der Waals surface area contributed by atoms with Gasteiger partial charge in [-0.3, -0.25) is 0 Å². The Bertz CT molecular complexity index is 766. The zero-order chi connectivity index (χ0) is 17.3. The monoisotopic (exact) mass is 420 g/mol. The molecule has 0 aliphatic carbocycles. The van der Waals surface area contributed by atoms with Crippen molar-refractivity contribution < 1.29 is 4.79 Å². The lowest BCUT2D eigenvalue weighted by Gasteiger charge is -2.25. The van der Waals surface area contributed by atoms with Gasteiger partial charge >= 0.3 is 6.03 Å². The number of amides is 2. The molecule has 1 N–H and O–H groups in total. The van der Waals surface area contributed by atoms with Crippen LogP contribution in [0.5, 0.6) is 0 Å². The summed E-state index contributed by atoms with van der Waals surface area (Å²) < 4.78 is 0. The fourth-order valence-corrected chi connectivity index (χ4v) is 4.79. The highest BCUT2D eigenvalue weighted by atomic mass is 35.5. The highest BCUT2D eigenvalue weighted by Crippen LogP contribution is 2.42. The molecule has 2 aromatic carbocycles. The molecule has 2 amide bonds. The molecule has 1 atom stereocenters. The van der Waals surface area contributed by atoms with E-state index in [9.17, 15) is 4.79 Å². The maximum Gasteiger partial charge on any atom is 0.323 e. The first-order valence-electron chi connectivity index (χ1n) is 7.05. The van der Waals surface area contributed by atoms with Gasteiger partial charge in [-0.2, -0.15) is 0 Å². The number of carbonyl (C=O) groups is 1. The van der Waals surface area contributed by atoms with Gasteiger partial charge in [0.1, 0.15) is 5.37 Å². The van der Waals surface area contributed by atoms with E-state index in [2.05, 4.69) is 5.32 Å². The van der Waals surface area contributed by atoms with Gasteiger partial charge in [-0.05, 0) is 24.3 Å². The molecule has 1 aliphatic heterocycles. The van der Waals surface area contributed by atoms with Crippen LogP contribution in [0.15, 0.2) is 36.4 Å². The van der Waals surface area contributed by atoms with Crippen LogP contribution < -0.4 is 5.32 Å². The zero-order valence-electron chi connectivity index (χ0n) is 12.2. The van der Waals surface area contributed by atoms with Gasteiger partial charge in [0.25, 0.3) is 0 Å². The Balaban J connectivity index is 1.84. The summed E-state index contributed by atoms with van der Waals surface area (Å²) in [6, 6.07) is 10.1. The number of nitrogens with zero attached hydrogens (tertiary/aromatic N) is 1. The van der Waals surface area contributed by atoms with Gasteiger partial charge in [0.2, 0.25) is 0 Å². The summed E-state index contributed by atoms with van der Waals surface area (Å²) in [4.78, 5) is 14.4. The molecule has 0 bridgehead atoms. The molecule has 126 valence electrons. The highest BCUT2D eigenvalue weighted by molar-refractivity contribution is 7.99. The number of benzene rings is 2. The molecular formula is C16H12Cl4N2OS. The fourth-order valence-electron chi connectivity index (χ4n) is 2.43. The second kappa shape index (κ2) is 7.63. The van der Waals surface area contributed by atoms with E-state index in [0.29, 0.717) is 32.3 Å². The molecule has 3 nitrogen and oxygen atoms in total. The second-order valence-corrected chi connectivity index (χ2v) is 7.96. The van der Waals surface area contributed by atoms with E-state index in [0.717, 1.165) is 11.3 Å². The van der Waals surface area contributed by atoms with Crippen LogP contribution in [0.25, 0.3) is 0 Å². The Morgan fingerprint density at radius 1 is 1.08 bits per heavy atom. The summed E-state index contributed by atoms with van der Waals surface area (Å²) in [5.74, 6) is 0.813. The van der Waals surface area contributed by atoms with E-state index in [1.807, 2.05) is 6.07 Å². The van der Waals surface area contributed by atoms with Crippen LogP contribution in [0.2, 0.25) is 20.1 Å². The van der Waals surface area contributed by atoms with Gasteiger partial charge in [0.05, 0.1) is 15.7 Å². The predicted octanol–water partition coefficient (Wildman–Crippen LogP) is 6.58. The quantitative estimate of drug-likeness (QED) is 0.593. The van der Waals surface area contributed by atoms with E-state index >= 15 is 0 Å². The van der Waals surface area contributed by atoms with E-state index in [4.69, 9.17) is 46.4 Å². The van der Waals surface area contributed by atoms with Crippen molar-refractivity contribution in [1.29, 1.82) is 0 Å². The lowest BCUT2D eigenvalue weighted by Crippen LogP contribution is -2.34. The van der Waals surface area contributed by atoms with E-state index in [1.165, 1.54) is 0 Å². The summed E-state index contributed by atoms with van der Waals surface area (Å²) in [5, 5.41) is 4.49. The minimum Gasteiger partial charge on any atom is -0.308 e. The van der Waals surface area contributed by atoms with Gasteiger partial charge < -0.3 is 10.2 Å². The molecule has 8 heteroatoms. The van der Waals surface area contributed by atoms with Crippen molar-refractivity contribution in [2.75, 3.05) is 17.6 Å². The van der Waals surface area contributed by atoms with Crippen molar-refractivity contribution in [3.05, 3.63) is 62.1 Å². The lowest BCUT2D eigenvalue weighted by molar-refractivity contribution is 0.214. The van der Waals surface area contributed by atoms with Crippen LogP contribution in [0, 0.1) is 0 Å². The number of rotatable bonds is 2. The number of hydrogen-bond acceptors (Lipinski definition) is 2. The zero-order valence-corrected chi connectivity index (χ0v) is 16.1. The first kappa shape index (κ1) is 18.0. The molecular weight excluding hydrogens is 410 g/mol. The molecule has 1 saturated heterocycles. The molecule has 2 aromatic rings. The van der Waals surface area contributed by atoms with Gasteiger partial charge in [-0.25, -0.2) is 4.79 Å². The molecule has 0 radical (unpaired) electrons. The predicted molar refractivity (Wildman–Crippen MR) is 104 cm³/mol. The summed E-state index contributed by atoms with van der Waals surface area (Å²) in [7, 11) is 0. The Morgan fingerprint density at radius 2 is 1.79 bits per heavy atom. The Kier molecular flexibility index (Phi) is 5.73. The maximum atomic E-state index is 12.7. The summed E-state index contributed by atoms with van der Waals surface area (Å²) in [6.07, 6.45) is 0. The summed E-state index contributed by atoms with van der Waals surface area (Å²) in [6.45, 7) is 0.599. The summed E-state index contributed by atoms with van der Waals surface area (Å²) in [5.41, 5.74) is 1.26. The van der Waals surface area contributed by atoms with Gasteiger partial charge in [-0.15, -0.1) is 11.8 Å². The second-order valence-electron chi connectivity index (χ2n) is 5.11. The largest absolute Gasteiger partial charge is 0.323 e. The number of nitrogens with one attached hydrogen (secondary N) is 1. The molecule has 0 saturated carbocycles. The first-order valence-corrected chi connectivity index (χ1v) is 9.61. The Morgan fingerprint density at radius 3 is 2.46 bits per heavy atom. The van der Waals surface area contributed by atoms with Crippen molar-refractivity contribution in [2.24, 2.45) is 0 Å². The van der Waals surface area contributed by atoms with Crippen molar-refractivity contribution in [1.82, 2.24) is 4.90 Å². The smallest absolute Gasteiger partial charge is 0.308 e. The average Bonchev–Trinajstić information content (AvgIpc) is 3.00. The Labute approximate surface area is 164 Å². The van der Waals surface area contributed by atoms with E-state index in [1.54, 1.807) is 47.0 Å². The van der Waals surface area contributed by atoms with Crippen LogP contribution in [0.1, 0.15) is 10.9 Å². The third-order valence-corrected chi connectivity index (χ3v) is 6.01. The molecule has 1 fully saturated rings. The van der Waals surface area contributed by atoms with Crippen molar-refractivity contribution in [3.63, 3.8) is 0 Å². The van der Waals surface area contributed by atoms with Crippen LogP contribution in [-0.2, 0) is 0 Å². The van der Waals surface area contributed by atoms with E-state index in [-0.39, 0.29) is 11.4 Å². The van der Waals surface area contributed by atoms with Gasteiger partial charge in [-0.1, -0.05) is 58.5 Å². The molecule has 0 spiro atoms. The lowest BCUT2D eigenvalue weighted by atomic mass is 10.2. The SMILES string of the molecule is O=C(Nc1c(Cl)cccc1Cl)N1CCSC1c1ccc(Cl)cc1Cl. The van der Waals surface area contributed by atoms with E-state index < -0.39 is 0 Å². The minimum absolute atomic E-state index is 0.184. The number of halogens is 4. The number of carbonyl (C=O) groups excluding carboxylic acids is 1. The highest BCUT2D eigenvalue weighted by Gasteiger charge is 2.32. The van der Waals surface area contributed by atoms with Crippen molar-refractivity contribution >= 4 is 69.9 Å². The fraction of sp³-hybridized carbons (Fsp3) is 0.188. The molecule has 0 aromatic heterocycles. The maximum absolute atomic E-state index is 12.7. The minimum atomic E-state index is -0.272. The normalized spacial score (nSPS) is 17.2. The number of thioether (sulfide) groups is 1. The Hall–Kier alpha value is -0.780. The average molecular weight is 422 g/mol. The van der Waals surface area contributed by atoms with Crippen LogP contribution in [0.4, 0.5) is 10.5 Å². The molecule has 1 heterocycles.